The normalized spacial score (nSPS) is 15.0. The van der Waals surface area contributed by atoms with Crippen molar-refractivity contribution in [3.05, 3.63) is 29.8 Å². The van der Waals surface area contributed by atoms with Gasteiger partial charge in [-0.15, -0.1) is 0 Å². The van der Waals surface area contributed by atoms with Crippen LogP contribution in [0.3, 0.4) is 0 Å². The molecule has 0 spiro atoms. The third kappa shape index (κ3) is 5.56. The molecule has 1 fully saturated rings. The van der Waals surface area contributed by atoms with Gasteiger partial charge in [0.05, 0.1) is 0 Å². The highest BCUT2D eigenvalue weighted by molar-refractivity contribution is 5.88. The summed E-state index contributed by atoms with van der Waals surface area (Å²) in [6.45, 7) is 9.15. The molecule has 1 aromatic rings. The number of hydrogen-bond donors (Lipinski definition) is 2. The lowest BCUT2D eigenvalue weighted by atomic mass is 10.1. The third-order valence-corrected chi connectivity index (χ3v) is 3.40. The van der Waals surface area contributed by atoms with Gasteiger partial charge in [-0.25, -0.2) is 4.79 Å². The third-order valence-electron chi connectivity index (χ3n) is 3.40. The number of carbonyl (C=O) groups excluding carboxylic acids is 2. The Morgan fingerprint density at radius 1 is 1.22 bits per heavy atom. The van der Waals surface area contributed by atoms with Gasteiger partial charge in [0, 0.05) is 38.3 Å². The first kappa shape index (κ1) is 17.3. The summed E-state index contributed by atoms with van der Waals surface area (Å²) in [6, 6.07) is 8.00. The van der Waals surface area contributed by atoms with Crippen LogP contribution in [0.1, 0.15) is 33.3 Å². The van der Waals surface area contributed by atoms with Crippen LogP contribution in [-0.4, -0.2) is 41.6 Å². The first-order valence-electron chi connectivity index (χ1n) is 7.81. The Morgan fingerprint density at radius 3 is 2.35 bits per heavy atom. The van der Waals surface area contributed by atoms with Gasteiger partial charge in [0.2, 0.25) is 5.91 Å². The maximum atomic E-state index is 11.8. The molecule has 23 heavy (non-hydrogen) atoms. The molecule has 0 aromatic heterocycles. The number of nitrogens with zero attached hydrogens (tertiary/aromatic N) is 1. The van der Waals surface area contributed by atoms with Crippen molar-refractivity contribution >= 4 is 17.7 Å². The highest BCUT2D eigenvalue weighted by Crippen LogP contribution is 2.16. The molecule has 0 aliphatic carbocycles. The minimum Gasteiger partial charge on any atom is -0.444 e. The molecule has 6 heteroatoms. The van der Waals surface area contributed by atoms with E-state index in [-0.39, 0.29) is 18.0 Å². The molecule has 2 amide bonds. The lowest BCUT2D eigenvalue weighted by molar-refractivity contribution is -0.114. The van der Waals surface area contributed by atoms with Crippen molar-refractivity contribution < 1.29 is 14.3 Å². The van der Waals surface area contributed by atoms with Crippen molar-refractivity contribution in [1.82, 2.24) is 10.2 Å². The Balaban J connectivity index is 1.70. The maximum absolute atomic E-state index is 11.8. The number of benzene rings is 1. The summed E-state index contributed by atoms with van der Waals surface area (Å²) in [7, 11) is 0. The molecule has 0 bridgehead atoms. The summed E-state index contributed by atoms with van der Waals surface area (Å²) in [5.74, 6) is -0.0763. The van der Waals surface area contributed by atoms with E-state index in [1.165, 1.54) is 6.92 Å². The molecule has 0 unspecified atom stereocenters. The summed E-state index contributed by atoms with van der Waals surface area (Å²) in [5.41, 5.74) is 1.47. The lowest BCUT2D eigenvalue weighted by Crippen LogP contribution is -2.60. The van der Waals surface area contributed by atoms with Crippen LogP contribution in [-0.2, 0) is 16.1 Å². The van der Waals surface area contributed by atoms with Crippen molar-refractivity contribution in [2.24, 2.45) is 0 Å². The molecule has 0 saturated carbocycles. The average Bonchev–Trinajstić information content (AvgIpc) is 2.36. The van der Waals surface area contributed by atoms with E-state index < -0.39 is 5.60 Å². The molecule has 1 aromatic carbocycles. The van der Waals surface area contributed by atoms with Crippen molar-refractivity contribution in [2.75, 3.05) is 18.4 Å². The van der Waals surface area contributed by atoms with E-state index in [4.69, 9.17) is 4.74 Å². The van der Waals surface area contributed by atoms with Gasteiger partial charge >= 0.3 is 6.09 Å². The van der Waals surface area contributed by atoms with Gasteiger partial charge in [-0.2, -0.15) is 0 Å². The number of carbonyl (C=O) groups is 2. The predicted octanol–water partition coefficient (Wildman–Crippen LogP) is 2.35. The number of rotatable bonds is 4. The van der Waals surface area contributed by atoms with Crippen LogP contribution < -0.4 is 10.6 Å². The second-order valence-electron chi connectivity index (χ2n) is 6.84. The number of amides is 2. The monoisotopic (exact) mass is 319 g/mol. The molecule has 1 heterocycles. The van der Waals surface area contributed by atoms with E-state index in [2.05, 4.69) is 10.6 Å². The van der Waals surface area contributed by atoms with E-state index in [0.717, 1.165) is 17.8 Å². The molecular weight excluding hydrogens is 294 g/mol. The first-order chi connectivity index (χ1) is 10.7. The molecule has 0 radical (unpaired) electrons. The van der Waals surface area contributed by atoms with Crippen LogP contribution in [0, 0.1) is 0 Å². The Bertz CT molecular complexity index is 557. The molecule has 2 rings (SSSR count). The molecule has 2 N–H and O–H groups in total. The van der Waals surface area contributed by atoms with Crippen molar-refractivity contribution in [1.29, 1.82) is 0 Å². The van der Waals surface area contributed by atoms with Crippen LogP contribution >= 0.6 is 0 Å². The maximum Gasteiger partial charge on any atom is 0.410 e. The predicted molar refractivity (Wildman–Crippen MR) is 89.2 cm³/mol. The quantitative estimate of drug-likeness (QED) is 0.894. The highest BCUT2D eigenvalue weighted by Gasteiger charge is 2.33. The van der Waals surface area contributed by atoms with Gasteiger partial charge in [0.25, 0.3) is 0 Å². The summed E-state index contributed by atoms with van der Waals surface area (Å²) >= 11 is 0. The second-order valence-corrected chi connectivity index (χ2v) is 6.84. The van der Waals surface area contributed by atoms with E-state index in [1.807, 2.05) is 45.0 Å². The number of nitrogens with one attached hydrogen (secondary N) is 2. The van der Waals surface area contributed by atoms with Crippen LogP contribution in [0.15, 0.2) is 24.3 Å². The van der Waals surface area contributed by atoms with Gasteiger partial charge in [-0.1, -0.05) is 12.1 Å². The zero-order valence-corrected chi connectivity index (χ0v) is 14.2. The van der Waals surface area contributed by atoms with Crippen molar-refractivity contribution in [2.45, 2.75) is 45.9 Å². The molecule has 6 nitrogen and oxygen atoms in total. The fraction of sp³-hybridized carbons (Fsp3) is 0.529. The van der Waals surface area contributed by atoms with Gasteiger partial charge in [0.15, 0.2) is 0 Å². The van der Waals surface area contributed by atoms with Crippen LogP contribution in [0.4, 0.5) is 10.5 Å². The second kappa shape index (κ2) is 7.00. The summed E-state index contributed by atoms with van der Waals surface area (Å²) in [5, 5.41) is 6.15. The van der Waals surface area contributed by atoms with Gasteiger partial charge in [-0.05, 0) is 38.5 Å². The Morgan fingerprint density at radius 2 is 1.83 bits per heavy atom. The fourth-order valence-corrected chi connectivity index (χ4v) is 2.25. The van der Waals surface area contributed by atoms with Gasteiger partial charge in [0.1, 0.15) is 5.60 Å². The molecule has 126 valence electrons. The smallest absolute Gasteiger partial charge is 0.410 e. The molecular formula is C17H25N3O3. The highest BCUT2D eigenvalue weighted by atomic mass is 16.6. The lowest BCUT2D eigenvalue weighted by Gasteiger charge is -2.40. The van der Waals surface area contributed by atoms with E-state index in [0.29, 0.717) is 13.1 Å². The fourth-order valence-electron chi connectivity index (χ4n) is 2.25. The van der Waals surface area contributed by atoms with Crippen LogP contribution in [0.5, 0.6) is 0 Å². The molecule has 1 aliphatic heterocycles. The van der Waals surface area contributed by atoms with E-state index >= 15 is 0 Å². The Hall–Kier alpha value is -2.08. The van der Waals surface area contributed by atoms with Crippen molar-refractivity contribution in [3.8, 4) is 0 Å². The largest absolute Gasteiger partial charge is 0.444 e. The number of ether oxygens (including phenoxy) is 1. The topological polar surface area (TPSA) is 70.7 Å². The number of hydrogen-bond acceptors (Lipinski definition) is 4. The van der Waals surface area contributed by atoms with E-state index in [9.17, 15) is 9.59 Å². The zero-order valence-electron chi connectivity index (χ0n) is 14.2. The number of anilines is 1. The van der Waals surface area contributed by atoms with Crippen LogP contribution in [0.25, 0.3) is 0 Å². The van der Waals surface area contributed by atoms with E-state index in [1.54, 1.807) is 4.90 Å². The molecule has 1 saturated heterocycles. The zero-order chi connectivity index (χ0) is 17.0. The average molecular weight is 319 g/mol. The Kier molecular flexibility index (Phi) is 5.26. The first-order valence-corrected chi connectivity index (χ1v) is 7.81. The summed E-state index contributed by atoms with van der Waals surface area (Å²) in [4.78, 5) is 24.5. The van der Waals surface area contributed by atoms with Gasteiger partial charge < -0.3 is 20.3 Å². The minimum absolute atomic E-state index is 0.0763. The minimum atomic E-state index is -0.453. The van der Waals surface area contributed by atoms with Crippen LogP contribution in [0.2, 0.25) is 0 Å². The Labute approximate surface area is 137 Å². The SMILES string of the molecule is CC(=O)Nc1ccc(CNC2CN(C(=O)OC(C)(C)C)C2)cc1. The van der Waals surface area contributed by atoms with Gasteiger partial charge in [-0.3, -0.25) is 4.79 Å². The summed E-state index contributed by atoms with van der Waals surface area (Å²) in [6.07, 6.45) is -0.254. The molecule has 1 aliphatic rings. The molecule has 0 atom stereocenters. The standard InChI is InChI=1S/C17H25N3O3/c1-12(21)19-14-7-5-13(6-8-14)9-18-15-10-20(11-15)16(22)23-17(2,3)4/h5-8,15,18H,9-11H2,1-4H3,(H,19,21). The number of likely N-dealkylation sites (tertiary alicyclic amines) is 1. The summed E-state index contributed by atoms with van der Waals surface area (Å²) < 4.78 is 5.32. The van der Waals surface area contributed by atoms with Crippen molar-refractivity contribution in [3.63, 3.8) is 0 Å².